The molecule has 30 heavy (non-hydrogen) atoms. The molecular formula is C20H27N5O5. The number of amides is 4. The van der Waals surface area contributed by atoms with Gasteiger partial charge < -0.3 is 24.6 Å². The topological polar surface area (TPSA) is 94.7 Å². The van der Waals surface area contributed by atoms with E-state index in [1.807, 2.05) is 4.90 Å². The minimum atomic E-state index is -0.378. The molecule has 3 fully saturated rings. The molecule has 0 aliphatic carbocycles. The molecule has 4 amide bonds. The lowest BCUT2D eigenvalue weighted by molar-refractivity contribution is -0.134. The SMILES string of the molecule is O=C(CN1CCOCC1)N1CCN(C(=O)Nc2cccc(N3CCOC3=O)c2)CC1. The molecular weight excluding hydrogens is 390 g/mol. The van der Waals surface area contributed by atoms with Gasteiger partial charge in [0.15, 0.2) is 0 Å². The molecule has 1 aromatic rings. The van der Waals surface area contributed by atoms with Gasteiger partial charge >= 0.3 is 12.1 Å². The van der Waals surface area contributed by atoms with E-state index < -0.39 is 0 Å². The Kier molecular flexibility index (Phi) is 6.34. The Morgan fingerprint density at radius 2 is 1.67 bits per heavy atom. The van der Waals surface area contributed by atoms with Crippen molar-refractivity contribution in [2.75, 3.05) is 82.4 Å². The number of nitrogens with one attached hydrogen (secondary N) is 1. The van der Waals surface area contributed by atoms with Gasteiger partial charge in [0.1, 0.15) is 6.61 Å². The monoisotopic (exact) mass is 417 g/mol. The quantitative estimate of drug-likeness (QED) is 0.773. The van der Waals surface area contributed by atoms with E-state index in [4.69, 9.17) is 9.47 Å². The molecule has 3 aliphatic heterocycles. The molecule has 3 saturated heterocycles. The van der Waals surface area contributed by atoms with E-state index in [2.05, 4.69) is 10.2 Å². The van der Waals surface area contributed by atoms with Crippen molar-refractivity contribution in [3.63, 3.8) is 0 Å². The Hall–Kier alpha value is -2.85. The van der Waals surface area contributed by atoms with Crippen LogP contribution in [-0.2, 0) is 14.3 Å². The van der Waals surface area contributed by atoms with Crippen LogP contribution in [0.1, 0.15) is 0 Å². The van der Waals surface area contributed by atoms with E-state index in [1.165, 1.54) is 4.90 Å². The van der Waals surface area contributed by atoms with Crippen LogP contribution in [0, 0.1) is 0 Å². The first-order valence-corrected chi connectivity index (χ1v) is 10.3. The summed E-state index contributed by atoms with van der Waals surface area (Å²) in [5.74, 6) is 0.0992. The normalized spacial score (nSPS) is 20.3. The highest BCUT2D eigenvalue weighted by molar-refractivity contribution is 5.93. The first-order chi connectivity index (χ1) is 14.6. The van der Waals surface area contributed by atoms with E-state index in [0.29, 0.717) is 70.5 Å². The summed E-state index contributed by atoms with van der Waals surface area (Å²) in [7, 11) is 0. The third-order valence-corrected chi connectivity index (χ3v) is 5.55. The van der Waals surface area contributed by atoms with Crippen LogP contribution in [0.5, 0.6) is 0 Å². The molecule has 0 radical (unpaired) electrons. The van der Waals surface area contributed by atoms with E-state index >= 15 is 0 Å². The van der Waals surface area contributed by atoms with E-state index in [0.717, 1.165) is 13.1 Å². The lowest BCUT2D eigenvalue weighted by Gasteiger charge is -2.36. The van der Waals surface area contributed by atoms with Crippen LogP contribution < -0.4 is 10.2 Å². The largest absolute Gasteiger partial charge is 0.447 e. The number of hydrogen-bond acceptors (Lipinski definition) is 6. The predicted octanol–water partition coefficient (Wildman–Crippen LogP) is 0.652. The number of rotatable bonds is 4. The molecule has 4 rings (SSSR count). The fraction of sp³-hybridized carbons (Fsp3) is 0.550. The first kappa shape index (κ1) is 20.4. The van der Waals surface area contributed by atoms with Crippen molar-refractivity contribution < 1.29 is 23.9 Å². The fourth-order valence-corrected chi connectivity index (χ4v) is 3.79. The average Bonchev–Trinajstić information content (AvgIpc) is 3.20. The highest BCUT2D eigenvalue weighted by Crippen LogP contribution is 2.22. The van der Waals surface area contributed by atoms with Crippen LogP contribution in [0.25, 0.3) is 0 Å². The van der Waals surface area contributed by atoms with Gasteiger partial charge in [0.25, 0.3) is 0 Å². The maximum absolute atomic E-state index is 12.6. The Labute approximate surface area is 175 Å². The summed E-state index contributed by atoms with van der Waals surface area (Å²) in [6, 6.07) is 6.92. The van der Waals surface area contributed by atoms with Gasteiger partial charge in [0.2, 0.25) is 5.91 Å². The molecule has 0 saturated carbocycles. The van der Waals surface area contributed by atoms with Gasteiger partial charge in [-0.05, 0) is 18.2 Å². The number of ether oxygens (including phenoxy) is 2. The van der Waals surface area contributed by atoms with Crippen molar-refractivity contribution in [3.05, 3.63) is 24.3 Å². The molecule has 0 atom stereocenters. The second kappa shape index (κ2) is 9.31. The van der Waals surface area contributed by atoms with Crippen LogP contribution in [0.15, 0.2) is 24.3 Å². The van der Waals surface area contributed by atoms with Crippen LogP contribution in [0.3, 0.4) is 0 Å². The van der Waals surface area contributed by atoms with Gasteiger partial charge in [0.05, 0.1) is 26.3 Å². The number of nitrogens with zero attached hydrogens (tertiary/aromatic N) is 4. The molecule has 0 bridgehead atoms. The minimum Gasteiger partial charge on any atom is -0.447 e. The highest BCUT2D eigenvalue weighted by atomic mass is 16.6. The third-order valence-electron chi connectivity index (χ3n) is 5.55. The Balaban J connectivity index is 1.26. The average molecular weight is 417 g/mol. The molecule has 10 heteroatoms. The zero-order chi connectivity index (χ0) is 20.9. The Morgan fingerprint density at radius 1 is 0.933 bits per heavy atom. The maximum atomic E-state index is 12.6. The van der Waals surface area contributed by atoms with Gasteiger partial charge in [-0.2, -0.15) is 0 Å². The van der Waals surface area contributed by atoms with Crippen LogP contribution >= 0.6 is 0 Å². The number of urea groups is 1. The van der Waals surface area contributed by atoms with Gasteiger partial charge in [-0.3, -0.25) is 14.6 Å². The lowest BCUT2D eigenvalue weighted by Crippen LogP contribution is -2.54. The fourth-order valence-electron chi connectivity index (χ4n) is 3.79. The van der Waals surface area contributed by atoms with Gasteiger partial charge in [-0.25, -0.2) is 9.59 Å². The number of carbonyl (C=O) groups is 3. The number of piperazine rings is 1. The van der Waals surface area contributed by atoms with Crippen LogP contribution in [0.2, 0.25) is 0 Å². The predicted molar refractivity (Wildman–Crippen MR) is 110 cm³/mol. The van der Waals surface area contributed by atoms with Crippen molar-refractivity contribution in [3.8, 4) is 0 Å². The first-order valence-electron chi connectivity index (χ1n) is 10.3. The number of benzene rings is 1. The summed E-state index contributed by atoms with van der Waals surface area (Å²) >= 11 is 0. The van der Waals surface area contributed by atoms with Gasteiger partial charge in [0, 0.05) is 50.6 Å². The Bertz CT molecular complexity index is 790. The third kappa shape index (κ3) is 4.82. The molecule has 0 spiro atoms. The highest BCUT2D eigenvalue weighted by Gasteiger charge is 2.27. The summed E-state index contributed by atoms with van der Waals surface area (Å²) < 4.78 is 10.3. The van der Waals surface area contributed by atoms with Gasteiger partial charge in [-0.1, -0.05) is 6.07 Å². The van der Waals surface area contributed by atoms with Crippen molar-refractivity contribution in [1.29, 1.82) is 0 Å². The van der Waals surface area contributed by atoms with E-state index in [9.17, 15) is 14.4 Å². The van der Waals surface area contributed by atoms with Crippen molar-refractivity contribution >= 4 is 29.4 Å². The lowest BCUT2D eigenvalue weighted by atomic mass is 10.2. The summed E-state index contributed by atoms with van der Waals surface area (Å²) in [6.45, 7) is 6.18. The summed E-state index contributed by atoms with van der Waals surface area (Å²) in [6.07, 6.45) is -0.378. The molecule has 0 aromatic heterocycles. The summed E-state index contributed by atoms with van der Waals surface area (Å²) in [5, 5.41) is 2.88. The van der Waals surface area contributed by atoms with E-state index in [1.54, 1.807) is 29.2 Å². The number of hydrogen-bond donors (Lipinski definition) is 1. The molecule has 3 aliphatic rings. The zero-order valence-electron chi connectivity index (χ0n) is 16.9. The maximum Gasteiger partial charge on any atom is 0.414 e. The van der Waals surface area contributed by atoms with Crippen molar-refractivity contribution in [2.24, 2.45) is 0 Å². The standard InChI is InChI=1S/C20H27N5O5/c26-18(15-22-8-11-29-12-9-22)23-4-6-24(7-5-23)19(27)21-16-2-1-3-17(14-16)25-10-13-30-20(25)28/h1-3,14H,4-13,15H2,(H,21,27). The second-order valence-corrected chi connectivity index (χ2v) is 7.50. The van der Waals surface area contributed by atoms with E-state index in [-0.39, 0.29) is 18.0 Å². The molecule has 0 unspecified atom stereocenters. The Morgan fingerprint density at radius 3 is 2.37 bits per heavy atom. The number of anilines is 2. The van der Waals surface area contributed by atoms with Crippen LogP contribution in [-0.4, -0.2) is 105 Å². The van der Waals surface area contributed by atoms with Gasteiger partial charge in [-0.15, -0.1) is 0 Å². The molecule has 3 heterocycles. The molecule has 1 N–H and O–H groups in total. The summed E-state index contributed by atoms with van der Waals surface area (Å²) in [5.41, 5.74) is 1.30. The minimum absolute atomic E-state index is 0.0992. The van der Waals surface area contributed by atoms with Crippen molar-refractivity contribution in [2.45, 2.75) is 0 Å². The smallest absolute Gasteiger partial charge is 0.414 e. The summed E-state index contributed by atoms with van der Waals surface area (Å²) in [4.78, 5) is 44.0. The van der Waals surface area contributed by atoms with Crippen molar-refractivity contribution in [1.82, 2.24) is 14.7 Å². The second-order valence-electron chi connectivity index (χ2n) is 7.50. The molecule has 10 nitrogen and oxygen atoms in total. The number of morpholine rings is 1. The molecule has 1 aromatic carbocycles. The zero-order valence-corrected chi connectivity index (χ0v) is 16.9. The number of cyclic esters (lactones) is 1. The number of carbonyl (C=O) groups excluding carboxylic acids is 3. The van der Waals surface area contributed by atoms with Crippen LogP contribution in [0.4, 0.5) is 21.0 Å². The molecule has 162 valence electrons.